The van der Waals surface area contributed by atoms with Crippen molar-refractivity contribution >= 4 is 40.5 Å². The van der Waals surface area contributed by atoms with E-state index in [1.54, 1.807) is 24.4 Å². The highest BCUT2D eigenvalue weighted by Gasteiger charge is 2.32. The third kappa shape index (κ3) is 2.91. The Morgan fingerprint density at radius 1 is 1.12 bits per heavy atom. The molecule has 1 aliphatic heterocycles. The number of hydrogen-bond donors (Lipinski definition) is 2. The first-order chi connectivity index (χ1) is 12.5. The molecule has 6 heteroatoms. The predicted octanol–water partition coefficient (Wildman–Crippen LogP) is 5.03. The standard InChI is InChI=1S/C20H15Cl2N3O/c21-17-6-2-5-14(18(17)22)19(26)16-10-25-20-15(16)8-12(9-24-20)11-3-1-4-13(23)7-11/h1-9,16H,10,23H2,(H,24,25). The molecule has 0 saturated heterocycles. The first kappa shape index (κ1) is 16.9. The SMILES string of the molecule is Nc1cccc(-c2cnc3c(c2)C(C(=O)c2cccc(Cl)c2Cl)CN3)c1. The van der Waals surface area contributed by atoms with Gasteiger partial charge in [0.2, 0.25) is 0 Å². The second-order valence-electron chi connectivity index (χ2n) is 6.19. The lowest BCUT2D eigenvalue weighted by atomic mass is 9.91. The highest BCUT2D eigenvalue weighted by Crippen LogP contribution is 2.37. The Labute approximate surface area is 161 Å². The van der Waals surface area contributed by atoms with Gasteiger partial charge in [0.05, 0.1) is 16.0 Å². The van der Waals surface area contributed by atoms with E-state index < -0.39 is 0 Å². The second-order valence-corrected chi connectivity index (χ2v) is 6.97. The number of aromatic nitrogens is 1. The van der Waals surface area contributed by atoms with Crippen LogP contribution in [0.25, 0.3) is 11.1 Å². The fourth-order valence-electron chi connectivity index (χ4n) is 3.20. The molecule has 0 bridgehead atoms. The number of carbonyl (C=O) groups is 1. The second kappa shape index (κ2) is 6.63. The quantitative estimate of drug-likeness (QED) is 0.491. The number of benzene rings is 2. The maximum absolute atomic E-state index is 13.1. The van der Waals surface area contributed by atoms with Crippen LogP contribution in [-0.2, 0) is 0 Å². The maximum atomic E-state index is 13.1. The summed E-state index contributed by atoms with van der Waals surface area (Å²) in [6.45, 7) is 0.477. The summed E-state index contributed by atoms with van der Waals surface area (Å²) in [6, 6.07) is 14.7. The molecule has 0 aliphatic carbocycles. The molecule has 3 N–H and O–H groups in total. The van der Waals surface area contributed by atoms with Crippen molar-refractivity contribution in [1.82, 2.24) is 4.98 Å². The molecule has 0 radical (unpaired) electrons. The fourth-order valence-corrected chi connectivity index (χ4v) is 3.59. The fraction of sp³-hybridized carbons (Fsp3) is 0.100. The Balaban J connectivity index is 1.74. The number of carbonyl (C=O) groups excluding carboxylic acids is 1. The minimum atomic E-state index is -0.366. The molecule has 1 atom stereocenters. The average molecular weight is 384 g/mol. The van der Waals surface area contributed by atoms with Gasteiger partial charge in [-0.05, 0) is 35.9 Å². The van der Waals surface area contributed by atoms with E-state index in [2.05, 4.69) is 10.3 Å². The lowest BCUT2D eigenvalue weighted by Crippen LogP contribution is -2.15. The number of halogens is 2. The molecule has 1 aromatic heterocycles. The third-order valence-corrected chi connectivity index (χ3v) is 5.34. The van der Waals surface area contributed by atoms with Crippen LogP contribution < -0.4 is 11.1 Å². The Morgan fingerprint density at radius 2 is 1.92 bits per heavy atom. The predicted molar refractivity (Wildman–Crippen MR) is 106 cm³/mol. The lowest BCUT2D eigenvalue weighted by molar-refractivity contribution is 0.0966. The van der Waals surface area contributed by atoms with Crippen molar-refractivity contribution in [2.45, 2.75) is 5.92 Å². The molecule has 0 saturated carbocycles. The van der Waals surface area contributed by atoms with E-state index in [-0.39, 0.29) is 16.7 Å². The van der Waals surface area contributed by atoms with E-state index in [0.717, 1.165) is 16.7 Å². The molecule has 0 spiro atoms. The molecular formula is C20H15Cl2N3O. The van der Waals surface area contributed by atoms with Crippen molar-refractivity contribution in [3.8, 4) is 11.1 Å². The lowest BCUT2D eigenvalue weighted by Gasteiger charge is -2.12. The van der Waals surface area contributed by atoms with Gasteiger partial charge in [0.25, 0.3) is 0 Å². The van der Waals surface area contributed by atoms with Crippen molar-refractivity contribution in [2.75, 3.05) is 17.6 Å². The molecule has 26 heavy (non-hydrogen) atoms. The van der Waals surface area contributed by atoms with Crippen LogP contribution in [0.15, 0.2) is 54.7 Å². The first-order valence-corrected chi connectivity index (χ1v) is 8.88. The Hall–Kier alpha value is -2.56. The van der Waals surface area contributed by atoms with E-state index in [1.165, 1.54) is 0 Å². The minimum absolute atomic E-state index is 0.0738. The van der Waals surface area contributed by atoms with Gasteiger partial charge in [-0.25, -0.2) is 4.98 Å². The van der Waals surface area contributed by atoms with Crippen LogP contribution in [0.2, 0.25) is 10.0 Å². The number of anilines is 2. The van der Waals surface area contributed by atoms with E-state index >= 15 is 0 Å². The smallest absolute Gasteiger partial charge is 0.173 e. The highest BCUT2D eigenvalue weighted by molar-refractivity contribution is 6.44. The van der Waals surface area contributed by atoms with E-state index in [0.29, 0.717) is 28.6 Å². The summed E-state index contributed by atoms with van der Waals surface area (Å²) in [5.74, 6) is 0.277. The Bertz CT molecular complexity index is 1020. The van der Waals surface area contributed by atoms with Crippen molar-refractivity contribution < 1.29 is 4.79 Å². The molecule has 0 amide bonds. The summed E-state index contributed by atoms with van der Waals surface area (Å²) in [5, 5.41) is 3.85. The zero-order chi connectivity index (χ0) is 18.3. The number of rotatable bonds is 3. The van der Waals surface area contributed by atoms with Crippen molar-refractivity contribution in [3.63, 3.8) is 0 Å². The summed E-state index contributed by atoms with van der Waals surface area (Å²) in [7, 11) is 0. The normalized spacial score (nSPS) is 15.4. The Kier molecular flexibility index (Phi) is 4.31. The average Bonchev–Trinajstić information content (AvgIpc) is 3.06. The molecule has 1 unspecified atom stereocenters. The largest absolute Gasteiger partial charge is 0.399 e. The van der Waals surface area contributed by atoms with Gasteiger partial charge in [0, 0.05) is 35.1 Å². The van der Waals surface area contributed by atoms with Crippen molar-refractivity contribution in [1.29, 1.82) is 0 Å². The van der Waals surface area contributed by atoms with Gasteiger partial charge in [-0.1, -0.05) is 41.4 Å². The Morgan fingerprint density at radius 3 is 2.73 bits per heavy atom. The van der Waals surface area contributed by atoms with Gasteiger partial charge < -0.3 is 11.1 Å². The summed E-state index contributed by atoms with van der Waals surface area (Å²) in [6.07, 6.45) is 1.78. The third-order valence-electron chi connectivity index (χ3n) is 4.52. The zero-order valence-electron chi connectivity index (χ0n) is 13.7. The molecule has 4 nitrogen and oxygen atoms in total. The first-order valence-electron chi connectivity index (χ1n) is 8.12. The maximum Gasteiger partial charge on any atom is 0.173 e. The number of hydrogen-bond acceptors (Lipinski definition) is 4. The van der Waals surface area contributed by atoms with Crippen molar-refractivity contribution in [2.24, 2.45) is 0 Å². The molecule has 3 aromatic rings. The molecule has 2 aromatic carbocycles. The van der Waals surface area contributed by atoms with E-state index in [9.17, 15) is 4.79 Å². The molecule has 1 aliphatic rings. The number of nitrogens with zero attached hydrogens (tertiary/aromatic N) is 1. The molecular weight excluding hydrogens is 369 g/mol. The van der Waals surface area contributed by atoms with Gasteiger partial charge in [-0.15, -0.1) is 0 Å². The minimum Gasteiger partial charge on any atom is -0.399 e. The number of nitrogens with two attached hydrogens (primary N) is 1. The van der Waals surface area contributed by atoms with Gasteiger partial charge in [-0.3, -0.25) is 4.79 Å². The topological polar surface area (TPSA) is 68.0 Å². The monoisotopic (exact) mass is 383 g/mol. The van der Waals surface area contributed by atoms with Crippen molar-refractivity contribution in [3.05, 3.63) is 75.9 Å². The van der Waals surface area contributed by atoms with Gasteiger partial charge in [0.1, 0.15) is 5.82 Å². The molecule has 0 fully saturated rings. The molecule has 2 heterocycles. The number of fused-ring (bicyclic) bond motifs is 1. The van der Waals surface area contributed by atoms with Gasteiger partial charge >= 0.3 is 0 Å². The number of nitrogen functional groups attached to an aromatic ring is 1. The summed E-state index contributed by atoms with van der Waals surface area (Å²) < 4.78 is 0. The van der Waals surface area contributed by atoms with Crippen LogP contribution in [0.3, 0.4) is 0 Å². The van der Waals surface area contributed by atoms with Crippen LogP contribution in [0.1, 0.15) is 21.8 Å². The van der Waals surface area contributed by atoms with E-state index in [4.69, 9.17) is 28.9 Å². The summed E-state index contributed by atoms with van der Waals surface area (Å²) in [4.78, 5) is 17.5. The van der Waals surface area contributed by atoms with Gasteiger partial charge in [0.15, 0.2) is 5.78 Å². The van der Waals surface area contributed by atoms with Crippen LogP contribution >= 0.6 is 23.2 Å². The number of pyridine rings is 1. The number of ketones is 1. The summed E-state index contributed by atoms with van der Waals surface area (Å²) >= 11 is 12.3. The molecule has 4 rings (SSSR count). The molecule has 130 valence electrons. The van der Waals surface area contributed by atoms with E-state index in [1.807, 2.05) is 30.3 Å². The van der Waals surface area contributed by atoms with Crippen LogP contribution in [0, 0.1) is 0 Å². The van der Waals surface area contributed by atoms with Crippen LogP contribution in [-0.4, -0.2) is 17.3 Å². The summed E-state index contributed by atoms with van der Waals surface area (Å²) in [5.41, 5.74) is 9.70. The van der Waals surface area contributed by atoms with Gasteiger partial charge in [-0.2, -0.15) is 0 Å². The number of nitrogens with one attached hydrogen (secondary N) is 1. The van der Waals surface area contributed by atoms with Crippen LogP contribution in [0.4, 0.5) is 11.5 Å². The highest BCUT2D eigenvalue weighted by atomic mass is 35.5. The zero-order valence-corrected chi connectivity index (χ0v) is 15.2. The van der Waals surface area contributed by atoms with Crippen LogP contribution in [0.5, 0.6) is 0 Å². The number of Topliss-reactive ketones (excluding diaryl/α,β-unsaturated/α-hetero) is 1.